The van der Waals surface area contributed by atoms with Gasteiger partial charge in [-0.1, -0.05) is 6.07 Å². The highest BCUT2D eigenvalue weighted by atomic mass is 16.6. The van der Waals surface area contributed by atoms with Crippen LogP contribution >= 0.6 is 0 Å². The number of benzene rings is 1. The first-order valence-corrected chi connectivity index (χ1v) is 6.21. The Morgan fingerprint density at radius 3 is 2.71 bits per heavy atom. The first kappa shape index (κ1) is 14.8. The molecular formula is C13H14N2O6. The van der Waals surface area contributed by atoms with Crippen LogP contribution in [0.5, 0.6) is 0 Å². The molecule has 2 atom stereocenters. The van der Waals surface area contributed by atoms with Gasteiger partial charge >= 0.3 is 12.1 Å². The highest BCUT2D eigenvalue weighted by molar-refractivity contribution is 5.69. The SMILES string of the molecule is COC(=O)N[C@H]1Cc2ccc([N+](=O)[O-])cc2[C@@H]1OC(C)=O. The summed E-state index contributed by atoms with van der Waals surface area (Å²) in [4.78, 5) is 32.9. The second-order valence-corrected chi connectivity index (χ2v) is 4.62. The molecule has 1 aliphatic carbocycles. The number of carbonyl (C=O) groups is 2. The van der Waals surface area contributed by atoms with Crippen LogP contribution in [0.15, 0.2) is 18.2 Å². The second-order valence-electron chi connectivity index (χ2n) is 4.62. The van der Waals surface area contributed by atoms with Crippen molar-refractivity contribution >= 4 is 17.7 Å². The lowest BCUT2D eigenvalue weighted by atomic mass is 10.1. The van der Waals surface area contributed by atoms with Crippen LogP contribution in [0.3, 0.4) is 0 Å². The fourth-order valence-corrected chi connectivity index (χ4v) is 2.37. The van der Waals surface area contributed by atoms with Crippen molar-refractivity contribution in [3.63, 3.8) is 0 Å². The number of nitrogens with one attached hydrogen (secondary N) is 1. The molecule has 1 aromatic carbocycles. The number of ether oxygens (including phenoxy) is 2. The lowest BCUT2D eigenvalue weighted by Crippen LogP contribution is -2.39. The largest absolute Gasteiger partial charge is 0.455 e. The quantitative estimate of drug-likeness (QED) is 0.514. The van der Waals surface area contributed by atoms with Gasteiger partial charge in [-0.2, -0.15) is 0 Å². The predicted octanol–water partition coefficient (Wildman–Crippen LogP) is 1.48. The summed E-state index contributed by atoms with van der Waals surface area (Å²) in [5.74, 6) is -0.531. The molecule has 1 aromatic rings. The third-order valence-corrected chi connectivity index (χ3v) is 3.23. The maximum absolute atomic E-state index is 11.3. The molecule has 0 radical (unpaired) electrons. The van der Waals surface area contributed by atoms with E-state index in [1.54, 1.807) is 6.07 Å². The summed E-state index contributed by atoms with van der Waals surface area (Å²) in [6.45, 7) is 1.24. The molecule has 112 valence electrons. The topological polar surface area (TPSA) is 108 Å². The third-order valence-electron chi connectivity index (χ3n) is 3.23. The molecule has 0 aliphatic heterocycles. The molecular weight excluding hydrogens is 280 g/mol. The smallest absolute Gasteiger partial charge is 0.407 e. The van der Waals surface area contributed by atoms with E-state index in [4.69, 9.17) is 4.74 Å². The number of methoxy groups -OCH3 is 1. The fraction of sp³-hybridized carbons (Fsp3) is 0.385. The van der Waals surface area contributed by atoms with Gasteiger partial charge in [-0.05, 0) is 12.0 Å². The molecule has 0 fully saturated rings. The minimum Gasteiger partial charge on any atom is -0.455 e. The van der Waals surface area contributed by atoms with E-state index < -0.39 is 29.1 Å². The van der Waals surface area contributed by atoms with Crippen molar-refractivity contribution in [3.05, 3.63) is 39.4 Å². The van der Waals surface area contributed by atoms with Crippen LogP contribution in [0.2, 0.25) is 0 Å². The Bertz CT molecular complexity index is 600. The number of fused-ring (bicyclic) bond motifs is 1. The summed E-state index contributed by atoms with van der Waals surface area (Å²) >= 11 is 0. The first-order valence-electron chi connectivity index (χ1n) is 6.21. The van der Waals surface area contributed by atoms with Gasteiger partial charge in [-0.3, -0.25) is 14.9 Å². The first-order chi connectivity index (χ1) is 9.92. The lowest BCUT2D eigenvalue weighted by Gasteiger charge is -2.20. The average Bonchev–Trinajstić information content (AvgIpc) is 2.75. The van der Waals surface area contributed by atoms with Crippen molar-refractivity contribution < 1.29 is 24.0 Å². The number of hydrogen-bond donors (Lipinski definition) is 1. The van der Waals surface area contributed by atoms with Crippen LogP contribution < -0.4 is 5.32 Å². The van der Waals surface area contributed by atoms with Gasteiger partial charge in [0.15, 0.2) is 0 Å². The number of rotatable bonds is 3. The lowest BCUT2D eigenvalue weighted by molar-refractivity contribution is -0.385. The van der Waals surface area contributed by atoms with Gasteiger partial charge in [0, 0.05) is 24.6 Å². The summed E-state index contributed by atoms with van der Waals surface area (Å²) in [5.41, 5.74) is 1.22. The number of alkyl carbamates (subject to hydrolysis) is 1. The summed E-state index contributed by atoms with van der Waals surface area (Å²) in [6.07, 6.45) is -1.02. The zero-order valence-corrected chi connectivity index (χ0v) is 11.5. The Morgan fingerprint density at radius 1 is 1.43 bits per heavy atom. The van der Waals surface area contributed by atoms with Crippen LogP contribution in [-0.4, -0.2) is 30.1 Å². The average molecular weight is 294 g/mol. The molecule has 0 bridgehead atoms. The van der Waals surface area contributed by atoms with Crippen LogP contribution in [0.4, 0.5) is 10.5 Å². The number of carbonyl (C=O) groups excluding carboxylic acids is 2. The highest BCUT2D eigenvalue weighted by Crippen LogP contribution is 2.36. The van der Waals surface area contributed by atoms with Crippen molar-refractivity contribution in [3.8, 4) is 0 Å². The van der Waals surface area contributed by atoms with E-state index in [0.717, 1.165) is 5.56 Å². The zero-order chi connectivity index (χ0) is 15.6. The number of hydrogen-bond acceptors (Lipinski definition) is 6. The Hall–Kier alpha value is -2.64. The molecule has 0 heterocycles. The number of nitrogens with zero attached hydrogens (tertiary/aromatic N) is 1. The molecule has 21 heavy (non-hydrogen) atoms. The Kier molecular flexibility index (Phi) is 4.06. The second kappa shape index (κ2) is 5.78. The van der Waals surface area contributed by atoms with Crippen molar-refractivity contribution in [1.29, 1.82) is 0 Å². The minimum absolute atomic E-state index is 0.0929. The van der Waals surface area contributed by atoms with Crippen molar-refractivity contribution in [2.45, 2.75) is 25.5 Å². The molecule has 8 heteroatoms. The van der Waals surface area contributed by atoms with E-state index in [-0.39, 0.29) is 5.69 Å². The van der Waals surface area contributed by atoms with Gasteiger partial charge in [0.1, 0.15) is 6.10 Å². The van der Waals surface area contributed by atoms with Crippen molar-refractivity contribution in [2.75, 3.05) is 7.11 Å². The van der Waals surface area contributed by atoms with Gasteiger partial charge < -0.3 is 14.8 Å². The van der Waals surface area contributed by atoms with Gasteiger partial charge in [-0.25, -0.2) is 4.79 Å². The Morgan fingerprint density at radius 2 is 2.14 bits per heavy atom. The molecule has 1 amide bonds. The maximum atomic E-state index is 11.3. The summed E-state index contributed by atoms with van der Waals surface area (Å²) in [6, 6.07) is 3.83. The van der Waals surface area contributed by atoms with Crippen molar-refractivity contribution in [2.24, 2.45) is 0 Å². The molecule has 8 nitrogen and oxygen atoms in total. The van der Waals surface area contributed by atoms with Crippen LogP contribution in [0.1, 0.15) is 24.2 Å². The maximum Gasteiger partial charge on any atom is 0.407 e. The monoisotopic (exact) mass is 294 g/mol. The van der Waals surface area contributed by atoms with E-state index in [0.29, 0.717) is 12.0 Å². The fourth-order valence-electron chi connectivity index (χ4n) is 2.37. The highest BCUT2D eigenvalue weighted by Gasteiger charge is 2.37. The van der Waals surface area contributed by atoms with E-state index in [9.17, 15) is 19.7 Å². The Balaban J connectivity index is 2.33. The molecule has 1 aliphatic rings. The summed E-state index contributed by atoms with van der Waals surface area (Å²) in [5, 5.41) is 13.4. The summed E-state index contributed by atoms with van der Waals surface area (Å²) in [7, 11) is 1.23. The molecule has 0 spiro atoms. The normalized spacial score (nSPS) is 19.5. The van der Waals surface area contributed by atoms with E-state index >= 15 is 0 Å². The number of amides is 1. The molecule has 0 saturated heterocycles. The Labute approximate surface area is 120 Å². The number of nitro groups is 1. The zero-order valence-electron chi connectivity index (χ0n) is 11.5. The molecule has 1 N–H and O–H groups in total. The number of esters is 1. The van der Waals surface area contributed by atoms with Gasteiger partial charge in [0.25, 0.3) is 5.69 Å². The van der Waals surface area contributed by atoms with E-state index in [1.165, 1.54) is 26.2 Å². The minimum atomic E-state index is -0.767. The van der Waals surface area contributed by atoms with Gasteiger partial charge in [0.2, 0.25) is 0 Å². The van der Waals surface area contributed by atoms with Crippen LogP contribution in [0, 0.1) is 10.1 Å². The molecule has 2 rings (SSSR count). The van der Waals surface area contributed by atoms with Gasteiger partial charge in [0.05, 0.1) is 18.1 Å². The third kappa shape index (κ3) is 3.10. The van der Waals surface area contributed by atoms with Crippen LogP contribution in [-0.2, 0) is 20.7 Å². The van der Waals surface area contributed by atoms with Gasteiger partial charge in [-0.15, -0.1) is 0 Å². The number of nitro benzene ring substituents is 1. The van der Waals surface area contributed by atoms with E-state index in [1.807, 2.05) is 0 Å². The molecule has 0 saturated carbocycles. The summed E-state index contributed by atoms with van der Waals surface area (Å²) < 4.78 is 9.73. The molecule has 0 aromatic heterocycles. The van der Waals surface area contributed by atoms with Crippen LogP contribution in [0.25, 0.3) is 0 Å². The predicted molar refractivity (Wildman–Crippen MR) is 70.6 cm³/mol. The van der Waals surface area contributed by atoms with E-state index in [2.05, 4.69) is 10.1 Å². The molecule has 0 unspecified atom stereocenters. The van der Waals surface area contributed by atoms with Crippen molar-refractivity contribution in [1.82, 2.24) is 5.32 Å². The number of non-ortho nitro benzene ring substituents is 1. The standard InChI is InChI=1S/C13H14N2O6/c1-7(16)21-12-10-6-9(15(18)19)4-3-8(10)5-11(12)14-13(17)20-2/h3-4,6,11-12H,5H2,1-2H3,(H,14,17)/t11-,12-/m0/s1.